The lowest BCUT2D eigenvalue weighted by Gasteiger charge is -2.22. The molecule has 0 N–H and O–H groups in total. The van der Waals surface area contributed by atoms with Crippen molar-refractivity contribution in [1.82, 2.24) is 0 Å². The van der Waals surface area contributed by atoms with E-state index in [0.29, 0.717) is 6.42 Å². The average Bonchev–Trinajstić information content (AvgIpc) is 2.67. The Balaban J connectivity index is 2.27. The highest BCUT2D eigenvalue weighted by molar-refractivity contribution is 6.83. The maximum absolute atomic E-state index is 12.8. The lowest BCUT2D eigenvalue weighted by molar-refractivity contribution is 0.0973. The van der Waals surface area contributed by atoms with Gasteiger partial charge in [0.15, 0.2) is 5.78 Å². The third kappa shape index (κ3) is 6.21. The first-order valence-corrected chi connectivity index (χ1v) is 13.3. The SMILES string of the molecule is CC/C(=C\CC(CC(=O)c1ccccc1)c1ccc(OC)cc1)[Si](C)(C)C. The third-order valence-electron chi connectivity index (χ3n) is 5.11. The van der Waals surface area contributed by atoms with Crippen LogP contribution in [-0.2, 0) is 0 Å². The van der Waals surface area contributed by atoms with Crippen LogP contribution in [0.25, 0.3) is 0 Å². The van der Waals surface area contributed by atoms with Crippen molar-refractivity contribution in [3.8, 4) is 5.75 Å². The van der Waals surface area contributed by atoms with Crippen molar-refractivity contribution in [2.45, 2.75) is 51.7 Å². The number of hydrogen-bond acceptors (Lipinski definition) is 2. The molecule has 2 aromatic carbocycles. The number of benzene rings is 2. The minimum absolute atomic E-state index is 0.182. The number of allylic oxidation sites excluding steroid dienone is 2. The van der Waals surface area contributed by atoms with Gasteiger partial charge in [-0.05, 0) is 36.5 Å². The summed E-state index contributed by atoms with van der Waals surface area (Å²) < 4.78 is 5.29. The number of methoxy groups -OCH3 is 1. The van der Waals surface area contributed by atoms with Gasteiger partial charge in [-0.2, -0.15) is 0 Å². The summed E-state index contributed by atoms with van der Waals surface area (Å²) in [4.78, 5) is 12.8. The molecule has 1 unspecified atom stereocenters. The van der Waals surface area contributed by atoms with Crippen molar-refractivity contribution in [1.29, 1.82) is 0 Å². The van der Waals surface area contributed by atoms with E-state index in [4.69, 9.17) is 4.74 Å². The number of ketones is 1. The maximum Gasteiger partial charge on any atom is 0.163 e. The number of carbonyl (C=O) groups is 1. The molecule has 2 aromatic rings. The van der Waals surface area contributed by atoms with Crippen molar-refractivity contribution >= 4 is 13.9 Å². The van der Waals surface area contributed by atoms with Gasteiger partial charge in [0.25, 0.3) is 0 Å². The van der Waals surface area contributed by atoms with Gasteiger partial charge in [-0.3, -0.25) is 4.79 Å². The summed E-state index contributed by atoms with van der Waals surface area (Å²) in [6.45, 7) is 9.40. The molecule has 2 rings (SSSR count). The molecule has 0 aliphatic rings. The average molecular weight is 381 g/mol. The van der Waals surface area contributed by atoms with Crippen LogP contribution in [-0.4, -0.2) is 21.0 Å². The van der Waals surface area contributed by atoms with Gasteiger partial charge in [0.1, 0.15) is 5.75 Å². The lowest BCUT2D eigenvalue weighted by atomic mass is 9.88. The molecule has 0 saturated heterocycles. The number of rotatable bonds is 9. The van der Waals surface area contributed by atoms with E-state index in [1.54, 1.807) is 12.3 Å². The zero-order valence-electron chi connectivity index (χ0n) is 17.3. The fraction of sp³-hybridized carbons (Fsp3) is 0.375. The molecule has 0 aliphatic carbocycles. The van der Waals surface area contributed by atoms with Crippen molar-refractivity contribution in [2.75, 3.05) is 7.11 Å². The van der Waals surface area contributed by atoms with Gasteiger partial charge in [0.05, 0.1) is 15.2 Å². The summed E-state index contributed by atoms with van der Waals surface area (Å²) in [5, 5.41) is 1.58. The zero-order valence-corrected chi connectivity index (χ0v) is 18.3. The first kappa shape index (κ1) is 21.2. The molecule has 0 saturated carbocycles. The van der Waals surface area contributed by atoms with E-state index >= 15 is 0 Å². The monoisotopic (exact) mass is 380 g/mol. The number of ether oxygens (including phenoxy) is 1. The van der Waals surface area contributed by atoms with E-state index in [0.717, 1.165) is 24.2 Å². The smallest absolute Gasteiger partial charge is 0.163 e. The second kappa shape index (κ2) is 9.70. The molecule has 0 spiro atoms. The molecule has 1 atom stereocenters. The van der Waals surface area contributed by atoms with Crippen molar-refractivity contribution in [3.05, 3.63) is 77.0 Å². The van der Waals surface area contributed by atoms with Gasteiger partial charge in [-0.15, -0.1) is 0 Å². The lowest BCUT2D eigenvalue weighted by Crippen LogP contribution is -2.23. The Morgan fingerprint density at radius 1 is 1.04 bits per heavy atom. The van der Waals surface area contributed by atoms with Crippen LogP contribution in [0.2, 0.25) is 19.6 Å². The van der Waals surface area contributed by atoms with Crippen LogP contribution in [0.4, 0.5) is 0 Å². The number of hydrogen-bond donors (Lipinski definition) is 0. The van der Waals surface area contributed by atoms with Crippen molar-refractivity contribution in [2.24, 2.45) is 0 Å². The Morgan fingerprint density at radius 3 is 2.19 bits per heavy atom. The molecule has 2 nitrogen and oxygen atoms in total. The molecule has 27 heavy (non-hydrogen) atoms. The second-order valence-electron chi connectivity index (χ2n) is 8.03. The quantitative estimate of drug-likeness (QED) is 0.359. The van der Waals surface area contributed by atoms with E-state index in [1.165, 1.54) is 5.56 Å². The predicted molar refractivity (Wildman–Crippen MR) is 117 cm³/mol. The Hall–Kier alpha value is -2.13. The highest BCUT2D eigenvalue weighted by Gasteiger charge is 2.20. The second-order valence-corrected chi connectivity index (χ2v) is 13.2. The fourth-order valence-corrected chi connectivity index (χ4v) is 5.24. The maximum atomic E-state index is 12.8. The van der Waals surface area contributed by atoms with Gasteiger partial charge >= 0.3 is 0 Å². The summed E-state index contributed by atoms with van der Waals surface area (Å²) >= 11 is 0. The van der Waals surface area contributed by atoms with Crippen molar-refractivity contribution in [3.63, 3.8) is 0 Å². The molecule has 0 heterocycles. The molecular weight excluding hydrogens is 348 g/mol. The molecule has 0 bridgehead atoms. The summed E-state index contributed by atoms with van der Waals surface area (Å²) in [5.41, 5.74) is 1.99. The topological polar surface area (TPSA) is 26.3 Å². The Labute approximate surface area is 165 Å². The summed E-state index contributed by atoms with van der Waals surface area (Å²) in [7, 11) is 0.359. The minimum Gasteiger partial charge on any atom is -0.497 e. The molecule has 3 heteroatoms. The van der Waals surface area contributed by atoms with Crippen LogP contribution in [0.1, 0.15) is 48.0 Å². The van der Waals surface area contributed by atoms with Crippen molar-refractivity contribution < 1.29 is 9.53 Å². The van der Waals surface area contributed by atoms with E-state index in [-0.39, 0.29) is 11.7 Å². The first-order chi connectivity index (χ1) is 12.8. The van der Waals surface area contributed by atoms with Crippen LogP contribution in [0.5, 0.6) is 5.75 Å². The predicted octanol–water partition coefficient (Wildman–Crippen LogP) is 6.66. The van der Waals surface area contributed by atoms with Gasteiger partial charge in [-0.25, -0.2) is 0 Å². The fourth-order valence-electron chi connectivity index (χ4n) is 3.44. The Kier molecular flexibility index (Phi) is 7.61. The van der Waals surface area contributed by atoms with Gasteiger partial charge in [0, 0.05) is 12.0 Å². The highest BCUT2D eigenvalue weighted by atomic mass is 28.3. The number of Topliss-reactive ketones (excluding diaryl/α,β-unsaturated/α-hetero) is 1. The molecular formula is C24H32O2Si. The molecule has 0 fully saturated rings. The van der Waals surface area contributed by atoms with Crippen LogP contribution < -0.4 is 4.74 Å². The summed E-state index contributed by atoms with van der Waals surface area (Å²) in [5.74, 6) is 1.23. The van der Waals surface area contributed by atoms with E-state index < -0.39 is 8.07 Å². The highest BCUT2D eigenvalue weighted by Crippen LogP contribution is 2.29. The van der Waals surface area contributed by atoms with E-state index in [9.17, 15) is 4.79 Å². The van der Waals surface area contributed by atoms with Crippen LogP contribution in [0, 0.1) is 0 Å². The van der Waals surface area contributed by atoms with Crippen LogP contribution >= 0.6 is 0 Å². The molecule has 0 radical (unpaired) electrons. The minimum atomic E-state index is -1.32. The molecule has 0 aliphatic heterocycles. The zero-order chi connectivity index (χ0) is 19.9. The van der Waals surface area contributed by atoms with Gasteiger partial charge in [0.2, 0.25) is 0 Å². The Bertz CT molecular complexity index is 755. The first-order valence-electron chi connectivity index (χ1n) is 9.76. The molecule has 144 valence electrons. The molecule has 0 amide bonds. The standard InChI is InChI=1S/C24H32O2Si/c1-6-23(27(3,4)5)17-14-21(19-12-15-22(26-2)16-13-19)18-24(25)20-10-8-7-9-11-20/h7-13,15-17,21H,6,14,18H2,1-5H3/b23-17+. The van der Waals surface area contributed by atoms with Crippen LogP contribution in [0.15, 0.2) is 65.9 Å². The Morgan fingerprint density at radius 2 is 1.67 bits per heavy atom. The largest absolute Gasteiger partial charge is 0.497 e. The van der Waals surface area contributed by atoms with Crippen LogP contribution in [0.3, 0.4) is 0 Å². The van der Waals surface area contributed by atoms with Gasteiger partial charge < -0.3 is 4.74 Å². The normalized spacial score (nSPS) is 13.3. The third-order valence-corrected chi connectivity index (χ3v) is 7.59. The number of carbonyl (C=O) groups excluding carboxylic acids is 1. The van der Waals surface area contributed by atoms with E-state index in [2.05, 4.69) is 44.8 Å². The van der Waals surface area contributed by atoms with E-state index in [1.807, 2.05) is 42.5 Å². The summed E-state index contributed by atoms with van der Waals surface area (Å²) in [6, 6.07) is 17.8. The summed E-state index contributed by atoms with van der Waals surface area (Å²) in [6.07, 6.45) is 4.92. The molecule has 0 aromatic heterocycles. The van der Waals surface area contributed by atoms with Gasteiger partial charge in [-0.1, -0.05) is 80.3 Å².